The first-order chi connectivity index (χ1) is 12.6. The van der Waals surface area contributed by atoms with Crippen molar-refractivity contribution in [1.82, 2.24) is 10.1 Å². The van der Waals surface area contributed by atoms with E-state index in [1.165, 1.54) is 23.3 Å². The van der Waals surface area contributed by atoms with Crippen molar-refractivity contribution in [3.63, 3.8) is 0 Å². The Balaban J connectivity index is 1.59. The number of halogens is 1. The summed E-state index contributed by atoms with van der Waals surface area (Å²) in [4.78, 5) is 14.8. The zero-order chi connectivity index (χ0) is 18.1. The van der Waals surface area contributed by atoms with Gasteiger partial charge in [-0.2, -0.15) is 0 Å². The fourth-order valence-corrected chi connectivity index (χ4v) is 3.57. The standard InChI is InChI=1S/C21H19FN2O2/c1-14-5-2-3-6-17(14)19-7-4-12-24(19)21(25)20-13-18(23-26-20)15-8-10-16(22)11-9-15/h2-3,5-6,8-11,13,19H,4,7,12H2,1H3. The summed E-state index contributed by atoms with van der Waals surface area (Å²) in [5.41, 5.74) is 3.60. The molecule has 1 atom stereocenters. The van der Waals surface area contributed by atoms with Gasteiger partial charge < -0.3 is 9.42 Å². The third-order valence-corrected chi connectivity index (χ3v) is 4.92. The molecule has 0 N–H and O–H groups in total. The van der Waals surface area contributed by atoms with Gasteiger partial charge in [-0.25, -0.2) is 4.39 Å². The van der Waals surface area contributed by atoms with Crippen LogP contribution in [0.4, 0.5) is 4.39 Å². The van der Waals surface area contributed by atoms with Crippen LogP contribution in [-0.4, -0.2) is 22.5 Å². The molecule has 1 aliphatic heterocycles. The highest BCUT2D eigenvalue weighted by molar-refractivity contribution is 5.93. The number of nitrogens with zero attached hydrogens (tertiary/aromatic N) is 2. The lowest BCUT2D eigenvalue weighted by Gasteiger charge is -2.25. The molecule has 132 valence electrons. The van der Waals surface area contributed by atoms with Crippen molar-refractivity contribution in [3.05, 3.63) is 77.3 Å². The molecule has 26 heavy (non-hydrogen) atoms. The molecule has 1 unspecified atom stereocenters. The summed E-state index contributed by atoms with van der Waals surface area (Å²) in [5, 5.41) is 3.98. The van der Waals surface area contributed by atoms with Crippen molar-refractivity contribution in [3.8, 4) is 11.3 Å². The van der Waals surface area contributed by atoms with Gasteiger partial charge >= 0.3 is 0 Å². The van der Waals surface area contributed by atoms with Crippen LogP contribution in [0.25, 0.3) is 11.3 Å². The molecule has 0 bridgehead atoms. The zero-order valence-corrected chi connectivity index (χ0v) is 14.5. The lowest BCUT2D eigenvalue weighted by Crippen LogP contribution is -2.30. The second-order valence-corrected chi connectivity index (χ2v) is 6.60. The maximum atomic E-state index is 13.1. The monoisotopic (exact) mass is 350 g/mol. The largest absolute Gasteiger partial charge is 0.350 e. The average molecular weight is 350 g/mol. The Morgan fingerprint density at radius 2 is 1.96 bits per heavy atom. The molecule has 0 radical (unpaired) electrons. The fraction of sp³-hybridized carbons (Fsp3) is 0.238. The molecule has 1 saturated heterocycles. The Hall–Kier alpha value is -2.95. The third kappa shape index (κ3) is 3.01. The molecule has 1 amide bonds. The van der Waals surface area contributed by atoms with Gasteiger partial charge in [0.25, 0.3) is 5.91 Å². The van der Waals surface area contributed by atoms with Crippen molar-refractivity contribution >= 4 is 5.91 Å². The maximum Gasteiger partial charge on any atom is 0.292 e. The Labute approximate surface area is 151 Å². The van der Waals surface area contributed by atoms with Gasteiger partial charge in [0, 0.05) is 18.2 Å². The Kier molecular flexibility index (Phi) is 4.29. The summed E-state index contributed by atoms with van der Waals surface area (Å²) in [6.45, 7) is 2.77. The fourth-order valence-electron chi connectivity index (χ4n) is 3.57. The van der Waals surface area contributed by atoms with Crippen LogP contribution in [0, 0.1) is 12.7 Å². The molecular formula is C21H19FN2O2. The summed E-state index contributed by atoms with van der Waals surface area (Å²) < 4.78 is 18.4. The average Bonchev–Trinajstić information content (AvgIpc) is 3.32. The Bertz CT molecular complexity index is 933. The summed E-state index contributed by atoms with van der Waals surface area (Å²) in [7, 11) is 0. The first-order valence-corrected chi connectivity index (χ1v) is 8.72. The number of likely N-dealkylation sites (tertiary alicyclic amines) is 1. The van der Waals surface area contributed by atoms with Crippen LogP contribution in [-0.2, 0) is 0 Å². The predicted molar refractivity (Wildman–Crippen MR) is 96.1 cm³/mol. The first-order valence-electron chi connectivity index (χ1n) is 8.72. The number of aryl methyl sites for hydroxylation is 1. The quantitative estimate of drug-likeness (QED) is 0.684. The van der Waals surface area contributed by atoms with E-state index in [4.69, 9.17) is 4.52 Å². The van der Waals surface area contributed by atoms with Gasteiger partial charge in [0.15, 0.2) is 0 Å². The van der Waals surface area contributed by atoms with Crippen molar-refractivity contribution in [2.75, 3.05) is 6.54 Å². The maximum absolute atomic E-state index is 13.1. The van der Waals surface area contributed by atoms with Crippen LogP contribution in [0.3, 0.4) is 0 Å². The van der Waals surface area contributed by atoms with E-state index in [-0.39, 0.29) is 23.5 Å². The smallest absolute Gasteiger partial charge is 0.292 e. The van der Waals surface area contributed by atoms with E-state index < -0.39 is 0 Å². The number of hydrogen-bond donors (Lipinski definition) is 0. The van der Waals surface area contributed by atoms with E-state index in [2.05, 4.69) is 24.2 Å². The van der Waals surface area contributed by atoms with Crippen molar-refractivity contribution < 1.29 is 13.7 Å². The van der Waals surface area contributed by atoms with Gasteiger partial charge in [0.1, 0.15) is 11.5 Å². The Morgan fingerprint density at radius 3 is 2.73 bits per heavy atom. The van der Waals surface area contributed by atoms with E-state index >= 15 is 0 Å². The first kappa shape index (κ1) is 16.5. The molecule has 0 aliphatic carbocycles. The van der Waals surface area contributed by atoms with Crippen molar-refractivity contribution in [2.45, 2.75) is 25.8 Å². The number of hydrogen-bond acceptors (Lipinski definition) is 3. The molecule has 4 rings (SSSR count). The molecule has 2 aromatic carbocycles. The minimum atomic E-state index is -0.313. The van der Waals surface area contributed by atoms with Gasteiger partial charge in [-0.3, -0.25) is 4.79 Å². The second-order valence-electron chi connectivity index (χ2n) is 6.60. The van der Waals surface area contributed by atoms with Crippen molar-refractivity contribution in [2.24, 2.45) is 0 Å². The highest BCUT2D eigenvalue weighted by atomic mass is 19.1. The van der Waals surface area contributed by atoms with Gasteiger partial charge in [-0.1, -0.05) is 29.4 Å². The normalized spacial score (nSPS) is 16.8. The number of amides is 1. The topological polar surface area (TPSA) is 46.3 Å². The molecule has 3 aromatic rings. The molecule has 2 heterocycles. The lowest BCUT2D eigenvalue weighted by molar-refractivity contribution is 0.0693. The van der Waals surface area contributed by atoms with Crippen LogP contribution in [0.5, 0.6) is 0 Å². The summed E-state index contributed by atoms with van der Waals surface area (Å²) in [6.07, 6.45) is 1.90. The van der Waals surface area contributed by atoms with Crippen LogP contribution in [0.2, 0.25) is 0 Å². The van der Waals surface area contributed by atoms with Crippen LogP contribution in [0.1, 0.15) is 40.6 Å². The van der Waals surface area contributed by atoms with E-state index in [1.807, 2.05) is 17.0 Å². The van der Waals surface area contributed by atoms with Gasteiger partial charge in [-0.05, 0) is 55.2 Å². The van der Waals surface area contributed by atoms with Gasteiger partial charge in [-0.15, -0.1) is 0 Å². The number of carbonyl (C=O) groups is 1. The zero-order valence-electron chi connectivity index (χ0n) is 14.5. The van der Waals surface area contributed by atoms with Crippen LogP contribution < -0.4 is 0 Å². The number of aromatic nitrogens is 1. The lowest BCUT2D eigenvalue weighted by atomic mass is 9.99. The molecule has 1 fully saturated rings. The highest BCUT2D eigenvalue weighted by Gasteiger charge is 2.33. The minimum Gasteiger partial charge on any atom is -0.350 e. The second kappa shape index (κ2) is 6.75. The number of rotatable bonds is 3. The summed E-state index contributed by atoms with van der Waals surface area (Å²) >= 11 is 0. The molecule has 1 aromatic heterocycles. The number of carbonyl (C=O) groups excluding carboxylic acids is 1. The SMILES string of the molecule is Cc1ccccc1C1CCCN1C(=O)c1cc(-c2ccc(F)cc2)no1. The Morgan fingerprint density at radius 1 is 1.19 bits per heavy atom. The van der Waals surface area contributed by atoms with E-state index in [1.54, 1.807) is 18.2 Å². The van der Waals surface area contributed by atoms with Crippen molar-refractivity contribution in [1.29, 1.82) is 0 Å². The van der Waals surface area contributed by atoms with E-state index in [0.29, 0.717) is 17.8 Å². The predicted octanol–water partition coefficient (Wildman–Crippen LogP) is 4.77. The highest BCUT2D eigenvalue weighted by Crippen LogP contribution is 2.35. The molecule has 0 saturated carbocycles. The molecular weight excluding hydrogens is 331 g/mol. The van der Waals surface area contributed by atoms with Crippen LogP contribution in [0.15, 0.2) is 59.1 Å². The van der Waals surface area contributed by atoms with Gasteiger partial charge in [0.2, 0.25) is 5.76 Å². The molecule has 5 heteroatoms. The van der Waals surface area contributed by atoms with E-state index in [0.717, 1.165) is 12.8 Å². The molecule has 0 spiro atoms. The van der Waals surface area contributed by atoms with Crippen LogP contribution >= 0.6 is 0 Å². The number of benzene rings is 2. The summed E-state index contributed by atoms with van der Waals surface area (Å²) in [6, 6.07) is 15.8. The van der Waals surface area contributed by atoms with Gasteiger partial charge in [0.05, 0.1) is 6.04 Å². The summed E-state index contributed by atoms with van der Waals surface area (Å²) in [5.74, 6) is -0.256. The third-order valence-electron chi connectivity index (χ3n) is 4.92. The molecule has 4 nitrogen and oxygen atoms in total. The molecule has 1 aliphatic rings. The van der Waals surface area contributed by atoms with E-state index in [9.17, 15) is 9.18 Å². The minimum absolute atomic E-state index is 0.0584.